The van der Waals surface area contributed by atoms with E-state index in [4.69, 9.17) is 4.74 Å². The van der Waals surface area contributed by atoms with E-state index in [1.807, 2.05) is 47.0 Å². The van der Waals surface area contributed by atoms with Crippen molar-refractivity contribution in [2.75, 3.05) is 25.5 Å². The number of hydrogen-bond acceptors (Lipinski definition) is 6. The van der Waals surface area contributed by atoms with Gasteiger partial charge in [-0.05, 0) is 65.7 Å². The van der Waals surface area contributed by atoms with Crippen LogP contribution in [0.3, 0.4) is 0 Å². The lowest BCUT2D eigenvalue weighted by atomic mass is 9.83. The Labute approximate surface area is 212 Å². The molecule has 188 valence electrons. The molecule has 37 heavy (non-hydrogen) atoms. The maximum Gasteiger partial charge on any atom is 0.217 e. The minimum Gasteiger partial charge on any atom is -0.390 e. The van der Waals surface area contributed by atoms with Crippen LogP contribution in [0.25, 0.3) is 22.7 Å². The van der Waals surface area contributed by atoms with Crippen LogP contribution in [-0.4, -0.2) is 51.9 Å². The van der Waals surface area contributed by atoms with Crippen molar-refractivity contribution >= 4 is 28.6 Å². The maximum absolute atomic E-state index is 14.0. The number of likely N-dealkylation sites (N-methyl/N-ethyl adjacent to an activating group) is 1. The van der Waals surface area contributed by atoms with E-state index in [1.54, 1.807) is 12.1 Å². The number of likely N-dealkylation sites (tertiary alicyclic amines) is 1. The lowest BCUT2D eigenvalue weighted by Gasteiger charge is -2.24. The van der Waals surface area contributed by atoms with Gasteiger partial charge in [0.1, 0.15) is 11.6 Å². The fraction of sp³-hybridized carbons (Fsp3) is 0.286. The molecular weight excluding hydrogens is 476 g/mol. The highest BCUT2D eigenvalue weighted by Gasteiger charge is 2.34. The van der Waals surface area contributed by atoms with Gasteiger partial charge in [-0.3, -0.25) is 5.32 Å². The number of rotatable bonds is 3. The SMILES string of the molecule is CN1C[C@@H](O)[C@@H](n2c(NC#N)nc3cc(/C=C4\c5ccc(F)cc5COC5C=C(F)C=CC45)ccc32)C1. The number of ether oxygens (including phenoxy) is 1. The van der Waals surface area contributed by atoms with Crippen molar-refractivity contribution in [1.82, 2.24) is 14.5 Å². The van der Waals surface area contributed by atoms with E-state index < -0.39 is 12.2 Å². The number of β-amino-alcohol motifs (C(OH)–C–C–N with tert-alkyl or cyclic N) is 1. The molecule has 0 bridgehead atoms. The number of allylic oxidation sites excluding steroid dienone is 2. The molecule has 2 aliphatic heterocycles. The number of anilines is 1. The number of nitrogens with zero attached hydrogens (tertiary/aromatic N) is 4. The van der Waals surface area contributed by atoms with Crippen molar-refractivity contribution in [1.29, 1.82) is 5.26 Å². The third kappa shape index (κ3) is 4.23. The normalized spacial score (nSPS) is 26.5. The lowest BCUT2D eigenvalue weighted by molar-refractivity contribution is 0.0599. The van der Waals surface area contributed by atoms with Crippen LogP contribution < -0.4 is 5.32 Å². The molecular formula is C28H25F2N5O2. The first-order valence-corrected chi connectivity index (χ1v) is 12.1. The van der Waals surface area contributed by atoms with Crippen LogP contribution in [0.2, 0.25) is 0 Å². The molecule has 7 nitrogen and oxygen atoms in total. The van der Waals surface area contributed by atoms with Crippen molar-refractivity contribution in [3.05, 3.63) is 83.0 Å². The number of nitrogens with one attached hydrogen (secondary N) is 1. The van der Waals surface area contributed by atoms with Crippen LogP contribution >= 0.6 is 0 Å². The minimum atomic E-state index is -0.588. The monoisotopic (exact) mass is 501 g/mol. The summed E-state index contributed by atoms with van der Waals surface area (Å²) >= 11 is 0. The summed E-state index contributed by atoms with van der Waals surface area (Å²) < 4.78 is 35.9. The summed E-state index contributed by atoms with van der Waals surface area (Å²) in [5.74, 6) is -0.587. The van der Waals surface area contributed by atoms with Gasteiger partial charge < -0.3 is 19.3 Å². The van der Waals surface area contributed by atoms with Gasteiger partial charge >= 0.3 is 0 Å². The Balaban J connectivity index is 1.47. The van der Waals surface area contributed by atoms with Crippen molar-refractivity contribution in [3.8, 4) is 6.19 Å². The van der Waals surface area contributed by atoms with E-state index in [1.165, 1.54) is 24.3 Å². The fourth-order valence-electron chi connectivity index (χ4n) is 5.63. The highest BCUT2D eigenvalue weighted by Crippen LogP contribution is 2.40. The van der Waals surface area contributed by atoms with Gasteiger partial charge in [0.05, 0.1) is 35.9 Å². The second-order valence-electron chi connectivity index (χ2n) is 9.76. The van der Waals surface area contributed by atoms with Gasteiger partial charge in [-0.15, -0.1) is 0 Å². The largest absolute Gasteiger partial charge is 0.390 e. The number of aliphatic hydroxyl groups excluding tert-OH is 1. The van der Waals surface area contributed by atoms with Gasteiger partial charge in [0.15, 0.2) is 6.19 Å². The molecule has 0 amide bonds. The summed E-state index contributed by atoms with van der Waals surface area (Å²) in [6, 6.07) is 10.2. The molecule has 0 spiro atoms. The first-order chi connectivity index (χ1) is 17.9. The molecule has 6 rings (SSSR count). The number of aromatic nitrogens is 2. The fourth-order valence-corrected chi connectivity index (χ4v) is 5.63. The summed E-state index contributed by atoms with van der Waals surface area (Å²) in [4.78, 5) is 6.69. The number of benzene rings is 2. The number of imidazole rings is 1. The quantitative estimate of drug-likeness (QED) is 0.409. The first-order valence-electron chi connectivity index (χ1n) is 12.1. The van der Waals surface area contributed by atoms with Gasteiger partial charge in [0.2, 0.25) is 5.95 Å². The third-order valence-electron chi connectivity index (χ3n) is 7.29. The molecule has 1 saturated heterocycles. The second kappa shape index (κ2) is 9.23. The molecule has 3 heterocycles. The summed E-state index contributed by atoms with van der Waals surface area (Å²) in [5, 5.41) is 22.6. The van der Waals surface area contributed by atoms with Crippen LogP contribution in [0.1, 0.15) is 22.7 Å². The number of halogens is 2. The summed E-state index contributed by atoms with van der Waals surface area (Å²) in [6.45, 7) is 1.34. The Morgan fingerprint density at radius 2 is 2.08 bits per heavy atom. The predicted octanol–water partition coefficient (Wildman–Crippen LogP) is 4.39. The lowest BCUT2D eigenvalue weighted by Crippen LogP contribution is -2.23. The standard InChI is InChI=1S/C28H25F2N5O2/c1-34-12-25(26(36)13-34)35-24-7-2-16(9-23(24)33-28(35)32-15-31)8-22-20-5-3-18(29)10-17(20)14-37-27-11-19(30)4-6-21(22)27/h2-11,21,25-27,36H,12-14H2,1H3,(H,32,33)/b22-8+/t21?,25-,26+,27?/m0/s1. The molecule has 3 aromatic rings. The molecule has 9 heteroatoms. The summed E-state index contributed by atoms with van der Waals surface area (Å²) in [5.41, 5.74) is 4.75. The number of aliphatic hydroxyl groups is 1. The van der Waals surface area contributed by atoms with Crippen LogP contribution in [-0.2, 0) is 11.3 Å². The zero-order chi connectivity index (χ0) is 25.7. The van der Waals surface area contributed by atoms with E-state index in [2.05, 4.69) is 10.3 Å². The molecule has 2 unspecified atom stereocenters. The Bertz CT molecular complexity index is 1520. The molecule has 0 saturated carbocycles. The van der Waals surface area contributed by atoms with E-state index in [-0.39, 0.29) is 30.2 Å². The van der Waals surface area contributed by atoms with Crippen LogP contribution in [0.4, 0.5) is 14.7 Å². The van der Waals surface area contributed by atoms with Gasteiger partial charge in [-0.25, -0.2) is 13.8 Å². The van der Waals surface area contributed by atoms with E-state index in [9.17, 15) is 19.1 Å². The summed E-state index contributed by atoms with van der Waals surface area (Å²) in [7, 11) is 1.94. The van der Waals surface area contributed by atoms with Crippen LogP contribution in [0, 0.1) is 23.2 Å². The van der Waals surface area contributed by atoms with E-state index in [0.717, 1.165) is 22.2 Å². The van der Waals surface area contributed by atoms with Crippen molar-refractivity contribution in [2.24, 2.45) is 5.92 Å². The predicted molar refractivity (Wildman–Crippen MR) is 136 cm³/mol. The molecule has 1 fully saturated rings. The molecule has 3 aliphatic rings. The minimum absolute atomic E-state index is 0.175. The van der Waals surface area contributed by atoms with Gasteiger partial charge in [-0.2, -0.15) is 5.26 Å². The summed E-state index contributed by atoms with van der Waals surface area (Å²) in [6.07, 6.45) is 7.51. The average molecular weight is 502 g/mol. The average Bonchev–Trinajstić information content (AvgIpc) is 3.34. The molecule has 1 aliphatic carbocycles. The first kappa shape index (κ1) is 23.6. The Morgan fingerprint density at radius 3 is 2.86 bits per heavy atom. The van der Waals surface area contributed by atoms with Crippen LogP contribution in [0.5, 0.6) is 0 Å². The number of fused-ring (bicyclic) bond motifs is 3. The second-order valence-corrected chi connectivity index (χ2v) is 9.76. The molecule has 0 radical (unpaired) electrons. The topological polar surface area (TPSA) is 86.3 Å². The number of hydrogen-bond donors (Lipinski definition) is 2. The Morgan fingerprint density at radius 1 is 1.22 bits per heavy atom. The highest BCUT2D eigenvalue weighted by atomic mass is 19.1. The van der Waals surface area contributed by atoms with E-state index >= 15 is 0 Å². The Kier molecular flexibility index (Phi) is 5.88. The van der Waals surface area contributed by atoms with Gasteiger partial charge in [0, 0.05) is 19.0 Å². The van der Waals surface area contributed by atoms with E-state index in [0.29, 0.717) is 30.1 Å². The number of nitriles is 1. The van der Waals surface area contributed by atoms with Crippen molar-refractivity contribution in [3.63, 3.8) is 0 Å². The molecule has 1 aromatic heterocycles. The maximum atomic E-state index is 14.0. The third-order valence-corrected chi connectivity index (χ3v) is 7.29. The van der Waals surface area contributed by atoms with Gasteiger partial charge in [0.25, 0.3) is 0 Å². The molecule has 2 aromatic carbocycles. The zero-order valence-electron chi connectivity index (χ0n) is 20.1. The zero-order valence-corrected chi connectivity index (χ0v) is 20.1. The Hall–Kier alpha value is -3.84. The highest BCUT2D eigenvalue weighted by molar-refractivity contribution is 5.89. The van der Waals surface area contributed by atoms with Crippen molar-refractivity contribution in [2.45, 2.75) is 24.9 Å². The molecule has 2 N–H and O–H groups in total. The molecule has 4 atom stereocenters. The van der Waals surface area contributed by atoms with Gasteiger partial charge in [-0.1, -0.05) is 24.3 Å². The van der Waals surface area contributed by atoms with Crippen molar-refractivity contribution < 1.29 is 18.6 Å². The van der Waals surface area contributed by atoms with Crippen LogP contribution in [0.15, 0.2) is 60.5 Å². The smallest absolute Gasteiger partial charge is 0.217 e.